The van der Waals surface area contributed by atoms with Crippen molar-refractivity contribution in [1.82, 2.24) is 0 Å². The molecule has 2 aromatic carbocycles. The van der Waals surface area contributed by atoms with E-state index in [0.29, 0.717) is 5.75 Å². The average molecular weight is 334 g/mol. The molecule has 122 valence electrons. The quantitative estimate of drug-likeness (QED) is 0.841. The second kappa shape index (κ2) is 7.28. The second-order valence-corrected chi connectivity index (χ2v) is 7.36. The number of rotatable bonds is 7. The number of aliphatic carboxylic acids is 1. The summed E-state index contributed by atoms with van der Waals surface area (Å²) in [6, 6.07) is 15.0. The van der Waals surface area contributed by atoms with Gasteiger partial charge >= 0.3 is 5.97 Å². The van der Waals surface area contributed by atoms with E-state index in [9.17, 15) is 13.2 Å². The molecule has 0 aliphatic rings. The summed E-state index contributed by atoms with van der Waals surface area (Å²) in [5.74, 6) is -0.593. The van der Waals surface area contributed by atoms with Crippen molar-refractivity contribution in [2.45, 2.75) is 23.0 Å². The summed E-state index contributed by atoms with van der Waals surface area (Å²) < 4.78 is 30.5. The van der Waals surface area contributed by atoms with E-state index in [1.165, 1.54) is 19.2 Å². The van der Waals surface area contributed by atoms with Gasteiger partial charge in [-0.05, 0) is 36.2 Å². The van der Waals surface area contributed by atoms with Crippen LogP contribution in [0.2, 0.25) is 0 Å². The van der Waals surface area contributed by atoms with Crippen molar-refractivity contribution in [1.29, 1.82) is 0 Å². The van der Waals surface area contributed by atoms with Crippen molar-refractivity contribution in [3.63, 3.8) is 0 Å². The minimum absolute atomic E-state index is 0.0977. The monoisotopic (exact) mass is 334 g/mol. The average Bonchev–Trinajstić information content (AvgIpc) is 2.55. The molecule has 0 spiro atoms. The Bertz CT molecular complexity index is 751. The number of hydrogen-bond acceptors (Lipinski definition) is 4. The van der Waals surface area contributed by atoms with Gasteiger partial charge in [0.1, 0.15) is 5.75 Å². The van der Waals surface area contributed by atoms with Crippen molar-refractivity contribution in [2.75, 3.05) is 7.11 Å². The molecule has 6 heteroatoms. The Morgan fingerprint density at radius 2 is 1.70 bits per heavy atom. The minimum atomic E-state index is -3.76. The molecule has 0 aromatic heterocycles. The number of benzene rings is 2. The summed E-state index contributed by atoms with van der Waals surface area (Å²) in [6.07, 6.45) is -0.287. The molecule has 1 unspecified atom stereocenters. The largest absolute Gasteiger partial charge is 0.497 e. The number of ether oxygens (including phenoxy) is 1. The number of sulfone groups is 1. The molecule has 0 saturated heterocycles. The third-order valence-electron chi connectivity index (χ3n) is 3.54. The van der Waals surface area contributed by atoms with Crippen LogP contribution in [0.25, 0.3) is 0 Å². The van der Waals surface area contributed by atoms with Crippen LogP contribution >= 0.6 is 0 Å². The molecular weight excluding hydrogens is 316 g/mol. The van der Waals surface area contributed by atoms with Gasteiger partial charge in [0.25, 0.3) is 0 Å². The lowest BCUT2D eigenvalue weighted by Gasteiger charge is -2.16. The molecule has 0 heterocycles. The van der Waals surface area contributed by atoms with Crippen LogP contribution in [0.4, 0.5) is 0 Å². The highest BCUT2D eigenvalue weighted by Gasteiger charge is 2.30. The van der Waals surface area contributed by atoms with Crippen LogP contribution in [-0.4, -0.2) is 31.9 Å². The van der Waals surface area contributed by atoms with Crippen LogP contribution in [0.5, 0.6) is 5.75 Å². The van der Waals surface area contributed by atoms with E-state index < -0.39 is 27.5 Å². The van der Waals surface area contributed by atoms with E-state index in [2.05, 4.69) is 0 Å². The third kappa shape index (κ3) is 4.32. The van der Waals surface area contributed by atoms with Crippen LogP contribution in [0.1, 0.15) is 12.0 Å². The minimum Gasteiger partial charge on any atom is -0.497 e. The highest BCUT2D eigenvalue weighted by molar-refractivity contribution is 7.92. The van der Waals surface area contributed by atoms with Crippen LogP contribution in [-0.2, 0) is 21.1 Å². The Morgan fingerprint density at radius 1 is 1.09 bits per heavy atom. The molecule has 2 aromatic rings. The number of hydrogen-bond donors (Lipinski definition) is 1. The summed E-state index contributed by atoms with van der Waals surface area (Å²) in [5.41, 5.74) is 0.788. The summed E-state index contributed by atoms with van der Waals surface area (Å²) in [7, 11) is -2.26. The van der Waals surface area contributed by atoms with Crippen molar-refractivity contribution < 1.29 is 23.1 Å². The third-order valence-corrected chi connectivity index (χ3v) is 5.68. The van der Waals surface area contributed by atoms with E-state index in [1.807, 2.05) is 6.07 Å². The van der Waals surface area contributed by atoms with Crippen LogP contribution in [0.3, 0.4) is 0 Å². The summed E-state index contributed by atoms with van der Waals surface area (Å²) in [4.78, 5) is 11.2. The van der Waals surface area contributed by atoms with Crippen LogP contribution in [0, 0.1) is 0 Å². The maximum Gasteiger partial charge on any atom is 0.304 e. The predicted molar refractivity (Wildman–Crippen MR) is 86.4 cm³/mol. The SMILES string of the molecule is COc1ccc(S(=O)(=O)C(CC(=O)O)Cc2ccccc2)cc1. The van der Waals surface area contributed by atoms with Crippen LogP contribution < -0.4 is 4.74 Å². The van der Waals surface area contributed by atoms with Crippen molar-refractivity contribution in [3.05, 3.63) is 60.2 Å². The molecule has 2 rings (SSSR count). The first-order valence-electron chi connectivity index (χ1n) is 7.07. The lowest BCUT2D eigenvalue weighted by Crippen LogP contribution is -2.27. The number of methoxy groups -OCH3 is 1. The van der Waals surface area contributed by atoms with Gasteiger partial charge < -0.3 is 9.84 Å². The molecule has 0 amide bonds. The molecule has 1 N–H and O–H groups in total. The van der Waals surface area contributed by atoms with Gasteiger partial charge in [-0.25, -0.2) is 8.42 Å². The summed E-state index contributed by atoms with van der Waals surface area (Å²) in [5, 5.41) is 8.05. The van der Waals surface area contributed by atoms with Gasteiger partial charge in [-0.15, -0.1) is 0 Å². The zero-order chi connectivity index (χ0) is 16.9. The Kier molecular flexibility index (Phi) is 5.39. The number of carbonyl (C=O) groups is 1. The smallest absolute Gasteiger partial charge is 0.304 e. The molecular formula is C17H18O5S. The maximum atomic E-state index is 12.8. The van der Waals surface area contributed by atoms with Gasteiger partial charge in [0.05, 0.1) is 23.7 Å². The summed E-state index contributed by atoms with van der Waals surface area (Å²) >= 11 is 0. The van der Waals surface area contributed by atoms with Crippen molar-refractivity contribution in [3.8, 4) is 5.75 Å². The molecule has 23 heavy (non-hydrogen) atoms. The van der Waals surface area contributed by atoms with Crippen molar-refractivity contribution in [2.24, 2.45) is 0 Å². The first-order valence-corrected chi connectivity index (χ1v) is 8.62. The second-order valence-electron chi connectivity index (χ2n) is 5.13. The highest BCUT2D eigenvalue weighted by Crippen LogP contribution is 2.24. The fraction of sp³-hybridized carbons (Fsp3) is 0.235. The van der Waals surface area contributed by atoms with Crippen LogP contribution in [0.15, 0.2) is 59.5 Å². The highest BCUT2D eigenvalue weighted by atomic mass is 32.2. The lowest BCUT2D eigenvalue weighted by atomic mass is 10.1. The summed E-state index contributed by atoms with van der Waals surface area (Å²) in [6.45, 7) is 0. The molecule has 0 fully saturated rings. The van der Waals surface area contributed by atoms with E-state index in [4.69, 9.17) is 9.84 Å². The Labute approximate surface area is 135 Å². The molecule has 5 nitrogen and oxygen atoms in total. The molecule has 0 aliphatic carbocycles. The first kappa shape index (κ1) is 17.0. The standard InChI is InChI=1S/C17H18O5S/c1-22-14-7-9-15(10-8-14)23(20,21)16(12-17(18)19)11-13-5-3-2-4-6-13/h2-10,16H,11-12H2,1H3,(H,18,19). The van der Waals surface area contributed by atoms with E-state index in [0.717, 1.165) is 5.56 Å². The molecule has 0 radical (unpaired) electrons. The van der Waals surface area contributed by atoms with Gasteiger partial charge in [0, 0.05) is 0 Å². The molecule has 0 aliphatic heterocycles. The van der Waals surface area contributed by atoms with Gasteiger partial charge in [0.2, 0.25) is 0 Å². The van der Waals surface area contributed by atoms with Gasteiger partial charge in [-0.1, -0.05) is 30.3 Å². The topological polar surface area (TPSA) is 80.7 Å². The molecule has 1 atom stereocenters. The lowest BCUT2D eigenvalue weighted by molar-refractivity contribution is -0.137. The van der Waals surface area contributed by atoms with Gasteiger partial charge in [-0.3, -0.25) is 4.79 Å². The van der Waals surface area contributed by atoms with E-state index in [1.54, 1.807) is 36.4 Å². The Hall–Kier alpha value is -2.34. The number of carboxylic acids is 1. The van der Waals surface area contributed by atoms with Crippen molar-refractivity contribution >= 4 is 15.8 Å². The fourth-order valence-corrected chi connectivity index (χ4v) is 4.00. The zero-order valence-electron chi connectivity index (χ0n) is 12.7. The van der Waals surface area contributed by atoms with E-state index >= 15 is 0 Å². The van der Waals surface area contributed by atoms with E-state index in [-0.39, 0.29) is 11.3 Å². The zero-order valence-corrected chi connectivity index (χ0v) is 13.5. The molecule has 0 saturated carbocycles. The normalized spacial score (nSPS) is 12.6. The Balaban J connectivity index is 2.33. The first-order chi connectivity index (χ1) is 10.9. The maximum absolute atomic E-state index is 12.8. The fourth-order valence-electron chi connectivity index (χ4n) is 2.32. The van der Waals surface area contributed by atoms with Gasteiger partial charge in [-0.2, -0.15) is 0 Å². The predicted octanol–water partition coefficient (Wildman–Crippen LogP) is 2.55. The molecule has 0 bridgehead atoms. The van der Waals surface area contributed by atoms with Gasteiger partial charge in [0.15, 0.2) is 9.84 Å². The number of carboxylic acid groups (broad SMARTS) is 1. The Morgan fingerprint density at radius 3 is 2.22 bits per heavy atom.